The number of hydrogen-bond acceptors (Lipinski definition) is 8. The van der Waals surface area contributed by atoms with Gasteiger partial charge in [0.25, 0.3) is 11.5 Å². The minimum atomic E-state index is -3.17. The van der Waals surface area contributed by atoms with Gasteiger partial charge >= 0.3 is 0 Å². The van der Waals surface area contributed by atoms with Crippen LogP contribution in [0, 0.1) is 6.92 Å². The van der Waals surface area contributed by atoms with E-state index in [0.717, 1.165) is 17.3 Å². The van der Waals surface area contributed by atoms with Crippen molar-refractivity contribution < 1.29 is 13.2 Å². The largest absolute Gasteiger partial charge is 0.366 e. The highest BCUT2D eigenvalue weighted by Gasteiger charge is 2.42. The number of pyridine rings is 1. The normalized spacial score (nSPS) is 21.9. The third-order valence-corrected chi connectivity index (χ3v) is 8.17. The number of nitrogens with zero attached hydrogens (tertiary/aromatic N) is 3. The zero-order chi connectivity index (χ0) is 22.3. The molecule has 1 unspecified atom stereocenters. The van der Waals surface area contributed by atoms with Crippen LogP contribution in [0.15, 0.2) is 40.7 Å². The van der Waals surface area contributed by atoms with E-state index in [4.69, 9.17) is 12.2 Å². The topological polar surface area (TPSA) is 101 Å². The second-order valence-electron chi connectivity index (χ2n) is 7.39. The second kappa shape index (κ2) is 8.21. The number of hydrogen-bond donors (Lipinski definition) is 1. The van der Waals surface area contributed by atoms with Crippen molar-refractivity contribution in [3.63, 3.8) is 0 Å². The summed E-state index contributed by atoms with van der Waals surface area (Å²) in [6.45, 7) is 5.93. The highest BCUT2D eigenvalue weighted by molar-refractivity contribution is 8.26. The molecule has 31 heavy (non-hydrogen) atoms. The molecule has 0 spiro atoms. The van der Waals surface area contributed by atoms with Gasteiger partial charge in [0.1, 0.15) is 15.8 Å². The van der Waals surface area contributed by atoms with Crippen molar-refractivity contribution in [3.05, 3.63) is 57.4 Å². The van der Waals surface area contributed by atoms with Crippen LogP contribution in [0.1, 0.15) is 17.5 Å². The van der Waals surface area contributed by atoms with E-state index in [2.05, 4.69) is 16.9 Å². The number of thiocarbonyl (C=S) groups is 1. The van der Waals surface area contributed by atoms with Crippen molar-refractivity contribution in [2.75, 3.05) is 23.4 Å². The van der Waals surface area contributed by atoms with Gasteiger partial charge in [-0.2, -0.15) is 0 Å². The molecule has 0 radical (unpaired) electrons. The van der Waals surface area contributed by atoms with Gasteiger partial charge < -0.3 is 5.32 Å². The van der Waals surface area contributed by atoms with Gasteiger partial charge in [0.05, 0.1) is 28.0 Å². The third kappa shape index (κ3) is 4.17. The Kier molecular flexibility index (Phi) is 5.75. The van der Waals surface area contributed by atoms with Gasteiger partial charge in [0.15, 0.2) is 9.84 Å². The standard InChI is InChI=1S/C20H20N4O4S3/c1-3-7-21-17-14(18(25)23-10-12(2)4-5-16(23)22-17)9-15-19(26)24(20(29)30-15)13-6-8-31(27,28)11-13/h3-5,9-10,13,21H,1,6-8,11H2,2H3/b15-9+. The molecule has 11 heteroatoms. The smallest absolute Gasteiger partial charge is 0.267 e. The fourth-order valence-corrected chi connectivity index (χ4v) is 6.68. The van der Waals surface area contributed by atoms with Crippen molar-refractivity contribution in [2.24, 2.45) is 0 Å². The Morgan fingerprint density at radius 2 is 2.16 bits per heavy atom. The molecule has 162 valence electrons. The van der Waals surface area contributed by atoms with Crippen LogP contribution in [0.3, 0.4) is 0 Å². The lowest BCUT2D eigenvalue weighted by Crippen LogP contribution is -2.39. The van der Waals surface area contributed by atoms with Crippen LogP contribution >= 0.6 is 24.0 Å². The van der Waals surface area contributed by atoms with Gasteiger partial charge in [-0.05, 0) is 31.1 Å². The molecule has 2 aliphatic heterocycles. The molecular weight excluding hydrogens is 456 g/mol. The summed E-state index contributed by atoms with van der Waals surface area (Å²) in [5, 5.41) is 3.05. The Labute approximate surface area is 189 Å². The minimum Gasteiger partial charge on any atom is -0.366 e. The molecular formula is C20H20N4O4S3. The molecule has 4 rings (SSSR count). The maximum Gasteiger partial charge on any atom is 0.267 e. The van der Waals surface area contributed by atoms with Crippen molar-refractivity contribution in [2.45, 2.75) is 19.4 Å². The van der Waals surface area contributed by atoms with Crippen molar-refractivity contribution >= 4 is 61.6 Å². The third-order valence-electron chi connectivity index (χ3n) is 5.09. The summed E-state index contributed by atoms with van der Waals surface area (Å²) >= 11 is 6.42. The fraction of sp³-hybridized carbons (Fsp3) is 0.300. The lowest BCUT2D eigenvalue weighted by atomic mass is 10.2. The number of nitrogens with one attached hydrogen (secondary N) is 1. The summed E-state index contributed by atoms with van der Waals surface area (Å²) in [4.78, 5) is 32.5. The maximum absolute atomic E-state index is 13.2. The lowest BCUT2D eigenvalue weighted by molar-refractivity contribution is -0.123. The first kappa shape index (κ1) is 21.7. The predicted octanol–water partition coefficient (Wildman–Crippen LogP) is 1.99. The summed E-state index contributed by atoms with van der Waals surface area (Å²) in [5.41, 5.74) is 1.27. The number of aromatic nitrogens is 2. The Bertz CT molecular complexity index is 1310. The number of anilines is 1. The van der Waals surface area contributed by atoms with E-state index in [9.17, 15) is 18.0 Å². The van der Waals surface area contributed by atoms with Gasteiger partial charge in [-0.3, -0.25) is 18.9 Å². The number of thioether (sulfide) groups is 1. The summed E-state index contributed by atoms with van der Waals surface area (Å²) in [6.07, 6.45) is 5.17. The molecule has 2 fully saturated rings. The summed E-state index contributed by atoms with van der Waals surface area (Å²) < 4.78 is 25.4. The molecule has 2 aromatic heterocycles. The molecule has 1 atom stereocenters. The average molecular weight is 477 g/mol. The minimum absolute atomic E-state index is 0.0404. The molecule has 0 saturated carbocycles. The van der Waals surface area contributed by atoms with Crippen LogP contribution in [-0.2, 0) is 14.6 Å². The van der Waals surface area contributed by atoms with E-state index >= 15 is 0 Å². The van der Waals surface area contributed by atoms with E-state index in [1.54, 1.807) is 18.3 Å². The molecule has 2 aliphatic rings. The molecule has 8 nitrogen and oxygen atoms in total. The van der Waals surface area contributed by atoms with E-state index in [1.165, 1.54) is 15.4 Å². The van der Waals surface area contributed by atoms with Crippen LogP contribution in [0.25, 0.3) is 11.7 Å². The van der Waals surface area contributed by atoms with Gasteiger partial charge in [0, 0.05) is 12.7 Å². The molecule has 0 aromatic carbocycles. The molecule has 2 saturated heterocycles. The number of fused-ring (bicyclic) bond motifs is 1. The van der Waals surface area contributed by atoms with Crippen LogP contribution in [0.5, 0.6) is 0 Å². The van der Waals surface area contributed by atoms with Gasteiger partial charge in [0.2, 0.25) is 0 Å². The Morgan fingerprint density at radius 3 is 2.84 bits per heavy atom. The predicted molar refractivity (Wildman–Crippen MR) is 127 cm³/mol. The highest BCUT2D eigenvalue weighted by atomic mass is 32.2. The Balaban J connectivity index is 1.78. The first-order valence-corrected chi connectivity index (χ1v) is 12.6. The van der Waals surface area contributed by atoms with Gasteiger partial charge in [-0.1, -0.05) is 36.1 Å². The zero-order valence-electron chi connectivity index (χ0n) is 16.7. The molecule has 0 bridgehead atoms. The Hall–Kier alpha value is -2.50. The zero-order valence-corrected chi connectivity index (χ0v) is 19.1. The van der Waals surface area contributed by atoms with Crippen LogP contribution < -0.4 is 10.9 Å². The van der Waals surface area contributed by atoms with E-state index in [1.807, 2.05) is 13.0 Å². The summed E-state index contributed by atoms with van der Waals surface area (Å²) in [7, 11) is -3.17. The van der Waals surface area contributed by atoms with Crippen LogP contribution in [0.2, 0.25) is 0 Å². The number of aryl methyl sites for hydroxylation is 1. The molecule has 4 heterocycles. The number of sulfone groups is 1. The van der Waals surface area contributed by atoms with Gasteiger partial charge in [-0.25, -0.2) is 13.4 Å². The van der Waals surface area contributed by atoms with E-state index < -0.39 is 15.9 Å². The highest BCUT2D eigenvalue weighted by Crippen LogP contribution is 2.36. The molecule has 2 aromatic rings. The van der Waals surface area contributed by atoms with Crippen molar-refractivity contribution in [1.82, 2.24) is 14.3 Å². The number of amides is 1. The fourth-order valence-electron chi connectivity index (χ4n) is 3.60. The second-order valence-corrected chi connectivity index (χ2v) is 11.3. The molecule has 1 N–H and O–H groups in total. The monoisotopic (exact) mass is 476 g/mol. The summed E-state index contributed by atoms with van der Waals surface area (Å²) in [5.74, 6) is -0.111. The summed E-state index contributed by atoms with van der Waals surface area (Å²) in [6, 6.07) is 3.14. The van der Waals surface area contributed by atoms with Crippen molar-refractivity contribution in [1.29, 1.82) is 0 Å². The number of carbonyl (C=O) groups excluding carboxylic acids is 1. The van der Waals surface area contributed by atoms with Crippen LogP contribution in [0.4, 0.5) is 5.82 Å². The van der Waals surface area contributed by atoms with Crippen LogP contribution in [-0.4, -0.2) is 57.0 Å². The number of carbonyl (C=O) groups is 1. The quantitative estimate of drug-likeness (QED) is 0.397. The van der Waals surface area contributed by atoms with E-state index in [-0.39, 0.29) is 33.4 Å². The van der Waals surface area contributed by atoms with Gasteiger partial charge in [-0.15, -0.1) is 6.58 Å². The first-order valence-electron chi connectivity index (χ1n) is 9.55. The maximum atomic E-state index is 13.2. The first-order chi connectivity index (χ1) is 14.7. The molecule has 1 amide bonds. The van der Waals surface area contributed by atoms with E-state index in [0.29, 0.717) is 28.8 Å². The average Bonchev–Trinajstić information content (AvgIpc) is 3.20. The lowest BCUT2D eigenvalue weighted by Gasteiger charge is -2.20. The van der Waals surface area contributed by atoms with Crippen molar-refractivity contribution in [3.8, 4) is 0 Å². The molecule has 0 aliphatic carbocycles. The SMILES string of the molecule is C=CCNc1nc2ccc(C)cn2c(=O)c1/C=C1/SC(=S)N(C2CCS(=O)(=O)C2)C1=O. The Morgan fingerprint density at radius 1 is 1.39 bits per heavy atom. The number of rotatable bonds is 5.